The number of nitrogens with zero attached hydrogens (tertiary/aromatic N) is 3. The van der Waals surface area contributed by atoms with Crippen LogP contribution in [0.2, 0.25) is 0 Å². The molecule has 0 bridgehead atoms. The van der Waals surface area contributed by atoms with Gasteiger partial charge in [0.25, 0.3) is 0 Å². The number of rotatable bonds is 7. The maximum atomic E-state index is 11.0. The Morgan fingerprint density at radius 1 is 1.36 bits per heavy atom. The Bertz CT molecular complexity index is 876. The second kappa shape index (κ2) is 8.31. The highest BCUT2D eigenvalue weighted by Gasteiger charge is 2.48. The Labute approximate surface area is 169 Å². The maximum Gasteiger partial charge on any atom is 0.189 e. The van der Waals surface area contributed by atoms with Crippen LogP contribution in [0, 0.1) is 0 Å². The Kier molecular flexibility index (Phi) is 6.41. The quantitative estimate of drug-likeness (QED) is 0.564. The van der Waals surface area contributed by atoms with Gasteiger partial charge in [-0.3, -0.25) is 0 Å². The van der Waals surface area contributed by atoms with E-state index in [1.807, 2.05) is 13.8 Å². The summed E-state index contributed by atoms with van der Waals surface area (Å²) in [5.41, 5.74) is 6.19. The monoisotopic (exact) mass is 430 g/mol. The second-order valence-corrected chi connectivity index (χ2v) is 11.3. The second-order valence-electron chi connectivity index (χ2n) is 7.38. The van der Waals surface area contributed by atoms with Gasteiger partial charge in [-0.25, -0.2) is 9.97 Å². The lowest BCUT2D eigenvalue weighted by atomic mass is 10.1. The Hall–Kier alpha value is -1.13. The van der Waals surface area contributed by atoms with Crippen molar-refractivity contribution in [3.05, 3.63) is 18.6 Å². The first kappa shape index (κ1) is 21.6. The Balaban J connectivity index is 1.92. The van der Waals surface area contributed by atoms with E-state index >= 15 is 0 Å². The van der Waals surface area contributed by atoms with Gasteiger partial charge in [0, 0.05) is 11.9 Å². The van der Waals surface area contributed by atoms with Gasteiger partial charge < -0.3 is 34.3 Å². The van der Waals surface area contributed by atoms with Crippen molar-refractivity contribution in [2.24, 2.45) is 0 Å². The Morgan fingerprint density at radius 2 is 2.07 bits per heavy atom. The third-order valence-electron chi connectivity index (χ3n) is 4.64. The molecular weight excluding hydrogens is 403 g/mol. The van der Waals surface area contributed by atoms with E-state index in [9.17, 15) is 10.00 Å². The number of fused-ring (bicyclic) bond motifs is 1. The molecule has 5 atom stereocenters. The highest BCUT2D eigenvalue weighted by Crippen LogP contribution is 2.51. The predicted molar refractivity (Wildman–Crippen MR) is 109 cm³/mol. The third-order valence-corrected chi connectivity index (χ3v) is 8.02. The van der Waals surface area contributed by atoms with Gasteiger partial charge in [0.15, 0.2) is 12.7 Å². The highest BCUT2D eigenvalue weighted by atomic mass is 32.5. The molecular formula is C17H27N4O5PS. The lowest BCUT2D eigenvalue weighted by Gasteiger charge is -2.28. The van der Waals surface area contributed by atoms with Crippen molar-refractivity contribution in [2.45, 2.75) is 64.0 Å². The summed E-state index contributed by atoms with van der Waals surface area (Å²) in [5.74, 6) is 0.342. The number of ether oxygens (including phenoxy) is 2. The number of aromatic nitrogens is 3. The summed E-state index contributed by atoms with van der Waals surface area (Å²) in [6.45, 7) is 4.47. The van der Waals surface area contributed by atoms with Crippen LogP contribution in [-0.2, 0) is 25.8 Å². The minimum absolute atomic E-state index is 0.0253. The van der Waals surface area contributed by atoms with Crippen molar-refractivity contribution in [1.29, 1.82) is 0 Å². The molecule has 28 heavy (non-hydrogen) atoms. The summed E-state index contributed by atoms with van der Waals surface area (Å²) in [7, 11) is 0. The third kappa shape index (κ3) is 4.23. The predicted octanol–water partition coefficient (Wildman–Crippen LogP) is 1.79. The van der Waals surface area contributed by atoms with Crippen molar-refractivity contribution < 1.29 is 24.0 Å². The average molecular weight is 430 g/mol. The fourth-order valence-electron chi connectivity index (χ4n) is 2.99. The minimum atomic E-state index is -3.11. The van der Waals surface area contributed by atoms with Crippen molar-refractivity contribution >= 4 is 35.1 Å². The molecule has 2 unspecified atom stereocenters. The molecule has 0 radical (unpaired) electrons. The largest absolute Gasteiger partial charge is 0.386 e. The van der Waals surface area contributed by atoms with Gasteiger partial charge in [-0.15, -0.1) is 0 Å². The summed E-state index contributed by atoms with van der Waals surface area (Å²) in [6.07, 6.45) is -0.257. The van der Waals surface area contributed by atoms with Gasteiger partial charge in [-0.2, -0.15) is 0 Å². The molecule has 2 aromatic rings. The number of aliphatic hydroxyl groups excluding tert-OH is 1. The average Bonchev–Trinajstić information content (AvgIpc) is 3.16. The fourth-order valence-corrected chi connectivity index (χ4v) is 4.14. The molecule has 1 fully saturated rings. The first-order chi connectivity index (χ1) is 13.1. The molecule has 11 heteroatoms. The van der Waals surface area contributed by atoms with E-state index in [-0.39, 0.29) is 18.4 Å². The lowest BCUT2D eigenvalue weighted by Crippen LogP contribution is -2.37. The highest BCUT2D eigenvalue weighted by molar-refractivity contribution is 8.09. The molecule has 0 amide bonds. The molecule has 9 nitrogen and oxygen atoms in total. The summed E-state index contributed by atoms with van der Waals surface area (Å²) >= 11 is 5.27. The van der Waals surface area contributed by atoms with E-state index in [0.717, 1.165) is 0 Å². The number of nitrogens with two attached hydrogens (primary N) is 1. The molecule has 0 saturated carbocycles. The zero-order chi connectivity index (χ0) is 20.6. The lowest BCUT2D eigenvalue weighted by molar-refractivity contribution is -0.0735. The van der Waals surface area contributed by atoms with Crippen LogP contribution in [0.4, 0.5) is 5.82 Å². The van der Waals surface area contributed by atoms with Crippen LogP contribution in [0.1, 0.15) is 33.9 Å². The van der Waals surface area contributed by atoms with E-state index in [4.69, 9.17) is 31.5 Å². The van der Waals surface area contributed by atoms with Crippen LogP contribution in [0.3, 0.4) is 0 Å². The van der Waals surface area contributed by atoms with Crippen LogP contribution < -0.4 is 5.73 Å². The van der Waals surface area contributed by atoms with E-state index in [1.54, 1.807) is 30.7 Å². The fraction of sp³-hybridized carbons (Fsp3) is 0.647. The van der Waals surface area contributed by atoms with Crippen LogP contribution in [-0.4, -0.2) is 61.2 Å². The molecule has 1 aliphatic heterocycles. The standard InChI is InChI=1S/C17H27N4O5PS/c1-9(2)24-7-12-14(26-27(23,28)10(3)4)13(22)17(25-12)21-6-5-11-15(18)19-8-20-16(11)21/h5-6,8-10,12-14,17,22H,7H2,1-4H3,(H,23,28)(H2,18,19,20)/t12-,13-,14?,17-,27?/m1/s1. The van der Waals surface area contributed by atoms with Crippen LogP contribution in [0.15, 0.2) is 18.6 Å². The molecule has 0 aliphatic carbocycles. The molecule has 0 spiro atoms. The summed E-state index contributed by atoms with van der Waals surface area (Å²) < 4.78 is 19.3. The Morgan fingerprint density at radius 3 is 2.71 bits per heavy atom. The van der Waals surface area contributed by atoms with Crippen LogP contribution >= 0.6 is 6.49 Å². The zero-order valence-electron chi connectivity index (χ0n) is 16.3. The molecule has 1 aliphatic rings. The van der Waals surface area contributed by atoms with Crippen molar-refractivity contribution in [1.82, 2.24) is 14.5 Å². The van der Waals surface area contributed by atoms with Gasteiger partial charge >= 0.3 is 0 Å². The number of hydrogen-bond acceptors (Lipinski definition) is 8. The molecule has 4 N–H and O–H groups in total. The molecule has 3 rings (SSSR count). The number of nitrogen functional groups attached to an aromatic ring is 1. The van der Waals surface area contributed by atoms with E-state index in [1.165, 1.54) is 6.33 Å². The van der Waals surface area contributed by atoms with Crippen molar-refractivity contribution in [2.75, 3.05) is 12.3 Å². The first-order valence-electron chi connectivity index (χ1n) is 9.14. The SMILES string of the molecule is CC(C)OC[C@H]1O[C@@H](n2ccc3c(N)ncnc32)[C@H](O)C1OP(O)(=S)C(C)C. The summed E-state index contributed by atoms with van der Waals surface area (Å²) in [6, 6.07) is 1.76. The zero-order valence-corrected chi connectivity index (χ0v) is 18.0. The number of hydrogen-bond donors (Lipinski definition) is 3. The van der Waals surface area contributed by atoms with Crippen LogP contribution in [0.5, 0.6) is 0 Å². The summed E-state index contributed by atoms with van der Waals surface area (Å²) in [5, 5.41) is 11.6. The van der Waals surface area contributed by atoms with Crippen molar-refractivity contribution in [3.8, 4) is 0 Å². The smallest absolute Gasteiger partial charge is 0.189 e. The normalized spacial score (nSPS) is 27.7. The number of anilines is 1. The van der Waals surface area contributed by atoms with Gasteiger partial charge in [0.1, 0.15) is 36.1 Å². The first-order valence-corrected chi connectivity index (χ1v) is 11.9. The molecule has 1 saturated heterocycles. The molecule has 3 heterocycles. The number of aliphatic hydroxyl groups is 1. The van der Waals surface area contributed by atoms with Gasteiger partial charge in [-0.1, -0.05) is 13.8 Å². The maximum absolute atomic E-state index is 11.0. The van der Waals surface area contributed by atoms with Crippen LogP contribution in [0.25, 0.3) is 11.0 Å². The topological polar surface area (TPSA) is 125 Å². The molecule has 156 valence electrons. The molecule has 2 aromatic heterocycles. The minimum Gasteiger partial charge on any atom is -0.386 e. The van der Waals surface area contributed by atoms with E-state index < -0.39 is 31.0 Å². The van der Waals surface area contributed by atoms with Crippen molar-refractivity contribution in [3.63, 3.8) is 0 Å². The van der Waals surface area contributed by atoms with Gasteiger partial charge in [0.2, 0.25) is 0 Å². The van der Waals surface area contributed by atoms with E-state index in [2.05, 4.69) is 9.97 Å². The summed E-state index contributed by atoms with van der Waals surface area (Å²) in [4.78, 5) is 18.8. The molecule has 0 aromatic carbocycles. The van der Waals surface area contributed by atoms with Gasteiger partial charge in [0.05, 0.1) is 18.1 Å². The van der Waals surface area contributed by atoms with E-state index in [0.29, 0.717) is 16.9 Å². The van der Waals surface area contributed by atoms with Gasteiger partial charge in [-0.05, 0) is 31.7 Å².